The maximum atomic E-state index is 4.57. The molecule has 3 nitrogen and oxygen atoms in total. The van der Waals surface area contributed by atoms with Crippen LogP contribution in [0, 0.1) is 6.92 Å². The van der Waals surface area contributed by atoms with E-state index in [0.29, 0.717) is 0 Å². The van der Waals surface area contributed by atoms with E-state index in [-0.39, 0.29) is 0 Å². The number of nitrogens with one attached hydrogen (secondary N) is 1. The molecule has 1 aromatic carbocycles. The van der Waals surface area contributed by atoms with Crippen LogP contribution < -0.4 is 5.32 Å². The molecular formula is C15H12BrN3. The van der Waals surface area contributed by atoms with E-state index in [0.717, 1.165) is 32.6 Å². The van der Waals surface area contributed by atoms with E-state index in [1.54, 1.807) is 0 Å². The van der Waals surface area contributed by atoms with Gasteiger partial charge in [0, 0.05) is 15.6 Å². The maximum absolute atomic E-state index is 4.57. The number of pyridine rings is 2. The molecule has 2 aromatic heterocycles. The van der Waals surface area contributed by atoms with E-state index in [1.807, 2.05) is 43.5 Å². The molecule has 0 radical (unpaired) electrons. The fourth-order valence-corrected chi connectivity index (χ4v) is 2.23. The van der Waals surface area contributed by atoms with Crippen LogP contribution in [0.4, 0.5) is 11.5 Å². The summed E-state index contributed by atoms with van der Waals surface area (Å²) in [6, 6.07) is 14.0. The van der Waals surface area contributed by atoms with Crippen molar-refractivity contribution in [3.8, 4) is 0 Å². The molecule has 0 unspecified atom stereocenters. The van der Waals surface area contributed by atoms with Crippen molar-refractivity contribution in [2.24, 2.45) is 0 Å². The third-order valence-corrected chi connectivity index (χ3v) is 3.33. The van der Waals surface area contributed by atoms with Gasteiger partial charge in [0.1, 0.15) is 5.82 Å². The Bertz CT molecular complexity index is 723. The second-order valence-electron chi connectivity index (χ2n) is 4.35. The van der Waals surface area contributed by atoms with Crippen LogP contribution in [-0.4, -0.2) is 9.97 Å². The van der Waals surface area contributed by atoms with Crippen LogP contribution in [0.1, 0.15) is 5.69 Å². The number of anilines is 2. The summed E-state index contributed by atoms with van der Waals surface area (Å²) >= 11 is 3.46. The van der Waals surface area contributed by atoms with Gasteiger partial charge in [0.25, 0.3) is 0 Å². The fraction of sp³-hybridized carbons (Fsp3) is 0.0667. The minimum Gasteiger partial charge on any atom is -0.339 e. The van der Waals surface area contributed by atoms with Gasteiger partial charge in [0.2, 0.25) is 0 Å². The van der Waals surface area contributed by atoms with Gasteiger partial charge in [-0.05, 0) is 49.4 Å². The van der Waals surface area contributed by atoms with E-state index < -0.39 is 0 Å². The highest BCUT2D eigenvalue weighted by atomic mass is 79.9. The number of aromatic nitrogens is 2. The Balaban J connectivity index is 1.93. The van der Waals surface area contributed by atoms with Crippen LogP contribution in [0.15, 0.2) is 53.1 Å². The molecule has 19 heavy (non-hydrogen) atoms. The second-order valence-corrected chi connectivity index (χ2v) is 5.26. The molecule has 3 aromatic rings. The van der Waals surface area contributed by atoms with Crippen LogP contribution >= 0.6 is 15.9 Å². The SMILES string of the molecule is Cc1ccc(Nc2ccc3cc(Br)ccc3n2)cn1. The maximum Gasteiger partial charge on any atom is 0.131 e. The first-order valence-electron chi connectivity index (χ1n) is 5.97. The van der Waals surface area contributed by atoms with Gasteiger partial charge < -0.3 is 5.32 Å². The molecule has 0 aliphatic carbocycles. The van der Waals surface area contributed by atoms with Crippen molar-refractivity contribution in [1.29, 1.82) is 0 Å². The van der Waals surface area contributed by atoms with Gasteiger partial charge in [-0.1, -0.05) is 15.9 Å². The Morgan fingerprint density at radius 3 is 2.74 bits per heavy atom. The van der Waals surface area contributed by atoms with Crippen molar-refractivity contribution >= 4 is 38.3 Å². The average Bonchev–Trinajstić information content (AvgIpc) is 2.42. The number of hydrogen-bond donors (Lipinski definition) is 1. The van der Waals surface area contributed by atoms with Gasteiger partial charge in [-0.15, -0.1) is 0 Å². The first-order chi connectivity index (χ1) is 9.20. The number of hydrogen-bond acceptors (Lipinski definition) is 3. The van der Waals surface area contributed by atoms with Crippen molar-refractivity contribution in [2.75, 3.05) is 5.32 Å². The second kappa shape index (κ2) is 4.97. The summed E-state index contributed by atoms with van der Waals surface area (Å²) in [4.78, 5) is 8.83. The van der Waals surface area contributed by atoms with Gasteiger partial charge in [0.15, 0.2) is 0 Å². The van der Waals surface area contributed by atoms with Gasteiger partial charge in [0.05, 0.1) is 17.4 Å². The summed E-state index contributed by atoms with van der Waals surface area (Å²) in [5, 5.41) is 4.37. The van der Waals surface area contributed by atoms with Gasteiger partial charge >= 0.3 is 0 Å². The van der Waals surface area contributed by atoms with Crippen LogP contribution in [0.25, 0.3) is 10.9 Å². The average molecular weight is 314 g/mol. The summed E-state index contributed by atoms with van der Waals surface area (Å²) in [5.74, 6) is 0.820. The molecule has 94 valence electrons. The van der Waals surface area contributed by atoms with E-state index in [2.05, 4.69) is 43.3 Å². The molecule has 0 saturated carbocycles. The number of fused-ring (bicyclic) bond motifs is 1. The Kier molecular flexibility index (Phi) is 3.17. The lowest BCUT2D eigenvalue weighted by atomic mass is 10.2. The molecule has 2 heterocycles. The van der Waals surface area contributed by atoms with Gasteiger partial charge in [-0.2, -0.15) is 0 Å². The Morgan fingerprint density at radius 1 is 1.05 bits per heavy atom. The van der Waals surface area contributed by atoms with E-state index in [9.17, 15) is 0 Å². The predicted octanol–water partition coefficient (Wildman–Crippen LogP) is 4.44. The molecule has 1 N–H and O–H groups in total. The fourth-order valence-electron chi connectivity index (χ4n) is 1.86. The molecule has 0 amide bonds. The minimum atomic E-state index is 0.820. The zero-order valence-corrected chi connectivity index (χ0v) is 12.0. The number of rotatable bonds is 2. The minimum absolute atomic E-state index is 0.820. The Morgan fingerprint density at radius 2 is 1.95 bits per heavy atom. The summed E-state index contributed by atoms with van der Waals surface area (Å²) in [6.45, 7) is 1.97. The quantitative estimate of drug-likeness (QED) is 0.759. The number of benzene rings is 1. The summed E-state index contributed by atoms with van der Waals surface area (Å²) in [6.07, 6.45) is 1.81. The molecule has 0 bridgehead atoms. The lowest BCUT2D eigenvalue weighted by Crippen LogP contribution is -1.94. The van der Waals surface area contributed by atoms with Crippen molar-refractivity contribution < 1.29 is 0 Å². The normalized spacial score (nSPS) is 10.6. The lowest BCUT2D eigenvalue weighted by Gasteiger charge is -2.06. The molecule has 0 aliphatic heterocycles. The summed E-state index contributed by atoms with van der Waals surface area (Å²) in [7, 11) is 0. The molecule has 0 fully saturated rings. The highest BCUT2D eigenvalue weighted by Gasteiger charge is 2.00. The van der Waals surface area contributed by atoms with Crippen LogP contribution in [0.3, 0.4) is 0 Å². The predicted molar refractivity (Wildman–Crippen MR) is 81.7 cm³/mol. The molecule has 0 saturated heterocycles. The smallest absolute Gasteiger partial charge is 0.131 e. The Labute approximate surface area is 119 Å². The first kappa shape index (κ1) is 12.1. The van der Waals surface area contributed by atoms with Crippen molar-refractivity contribution in [2.45, 2.75) is 6.92 Å². The third kappa shape index (κ3) is 2.74. The van der Waals surface area contributed by atoms with E-state index in [4.69, 9.17) is 0 Å². The van der Waals surface area contributed by atoms with Crippen LogP contribution in [0.2, 0.25) is 0 Å². The monoisotopic (exact) mass is 313 g/mol. The third-order valence-electron chi connectivity index (χ3n) is 2.84. The highest BCUT2D eigenvalue weighted by molar-refractivity contribution is 9.10. The molecule has 4 heteroatoms. The first-order valence-corrected chi connectivity index (χ1v) is 6.76. The van der Waals surface area contributed by atoms with Gasteiger partial charge in [-0.25, -0.2) is 4.98 Å². The summed E-state index contributed by atoms with van der Waals surface area (Å²) in [5.41, 5.74) is 2.91. The van der Waals surface area contributed by atoms with E-state index >= 15 is 0 Å². The van der Waals surface area contributed by atoms with E-state index in [1.165, 1.54) is 0 Å². The molecule has 0 spiro atoms. The zero-order valence-electron chi connectivity index (χ0n) is 10.4. The van der Waals surface area contributed by atoms with Crippen LogP contribution in [-0.2, 0) is 0 Å². The number of nitrogens with zero attached hydrogens (tertiary/aromatic N) is 2. The molecule has 0 aliphatic rings. The lowest BCUT2D eigenvalue weighted by molar-refractivity contribution is 1.20. The number of halogens is 1. The van der Waals surface area contributed by atoms with Crippen molar-refractivity contribution in [3.63, 3.8) is 0 Å². The van der Waals surface area contributed by atoms with Gasteiger partial charge in [-0.3, -0.25) is 4.98 Å². The molecule has 0 atom stereocenters. The van der Waals surface area contributed by atoms with Crippen LogP contribution in [0.5, 0.6) is 0 Å². The summed E-state index contributed by atoms with van der Waals surface area (Å²) < 4.78 is 1.06. The Hall–Kier alpha value is -1.94. The standard InChI is InChI=1S/C15H12BrN3/c1-10-2-5-13(9-17-10)18-15-7-3-11-8-12(16)4-6-14(11)19-15/h2-9H,1H3,(H,18,19). The van der Waals surface area contributed by atoms with Crippen molar-refractivity contribution in [1.82, 2.24) is 9.97 Å². The number of aryl methyl sites for hydroxylation is 1. The molecule has 3 rings (SSSR count). The highest BCUT2D eigenvalue weighted by Crippen LogP contribution is 2.21. The zero-order chi connectivity index (χ0) is 13.2. The van der Waals surface area contributed by atoms with Crippen molar-refractivity contribution in [3.05, 3.63) is 58.8 Å². The topological polar surface area (TPSA) is 37.8 Å². The largest absolute Gasteiger partial charge is 0.339 e. The molecular weight excluding hydrogens is 302 g/mol.